The molecule has 1 amide bonds. The Labute approximate surface area is 115 Å². The standard InChI is InChI=1S/C10H10ClN3O4S/c1-2-18-10(15)14-19(16,17)13-9-5-8(11)4-3-7(9)6-12/h3-5,13H,2H2,1H3,(H,14,15). The first-order chi connectivity index (χ1) is 8.88. The summed E-state index contributed by atoms with van der Waals surface area (Å²) in [7, 11) is -4.19. The Kier molecular flexibility index (Phi) is 4.97. The van der Waals surface area contributed by atoms with Gasteiger partial charge < -0.3 is 4.74 Å². The molecule has 1 aromatic rings. The summed E-state index contributed by atoms with van der Waals surface area (Å²) in [5.74, 6) is 0. The molecule has 0 fully saturated rings. The van der Waals surface area contributed by atoms with Crippen LogP contribution in [0.4, 0.5) is 10.5 Å². The van der Waals surface area contributed by atoms with Crippen molar-refractivity contribution in [3.05, 3.63) is 28.8 Å². The minimum absolute atomic E-state index is 0.0297. The molecule has 0 saturated heterocycles. The third kappa shape index (κ3) is 4.65. The van der Waals surface area contributed by atoms with E-state index < -0.39 is 16.3 Å². The number of nitrogens with one attached hydrogen (secondary N) is 2. The van der Waals surface area contributed by atoms with E-state index in [1.807, 2.05) is 4.72 Å². The van der Waals surface area contributed by atoms with Crippen molar-refractivity contribution in [3.8, 4) is 6.07 Å². The van der Waals surface area contributed by atoms with E-state index in [9.17, 15) is 13.2 Å². The van der Waals surface area contributed by atoms with Crippen LogP contribution in [0.1, 0.15) is 12.5 Å². The number of halogens is 1. The lowest BCUT2D eigenvalue weighted by molar-refractivity contribution is 0.159. The lowest BCUT2D eigenvalue weighted by Gasteiger charge is -2.10. The Balaban J connectivity index is 2.93. The average molecular weight is 304 g/mol. The highest BCUT2D eigenvalue weighted by atomic mass is 35.5. The molecule has 0 heterocycles. The van der Waals surface area contributed by atoms with E-state index in [0.29, 0.717) is 0 Å². The predicted molar refractivity (Wildman–Crippen MR) is 68.9 cm³/mol. The molecule has 1 aromatic carbocycles. The SMILES string of the molecule is CCOC(=O)NS(=O)(=O)Nc1cc(Cl)ccc1C#N. The molecule has 0 aliphatic carbocycles. The van der Waals surface area contributed by atoms with Crippen LogP contribution in [0.15, 0.2) is 18.2 Å². The monoisotopic (exact) mass is 303 g/mol. The first-order valence-electron chi connectivity index (χ1n) is 5.05. The molecule has 0 bridgehead atoms. The highest BCUT2D eigenvalue weighted by Gasteiger charge is 2.17. The maximum Gasteiger partial charge on any atom is 0.422 e. The van der Waals surface area contributed by atoms with Crippen molar-refractivity contribution in [1.82, 2.24) is 4.72 Å². The highest BCUT2D eigenvalue weighted by Crippen LogP contribution is 2.21. The molecule has 2 N–H and O–H groups in total. The van der Waals surface area contributed by atoms with Crippen molar-refractivity contribution < 1.29 is 17.9 Å². The molecule has 19 heavy (non-hydrogen) atoms. The van der Waals surface area contributed by atoms with Crippen LogP contribution in [0, 0.1) is 11.3 Å². The molecule has 0 atom stereocenters. The van der Waals surface area contributed by atoms with Crippen molar-refractivity contribution in [2.24, 2.45) is 0 Å². The van der Waals surface area contributed by atoms with E-state index in [1.54, 1.807) is 10.8 Å². The second-order valence-electron chi connectivity index (χ2n) is 3.23. The van der Waals surface area contributed by atoms with Crippen molar-refractivity contribution in [2.45, 2.75) is 6.92 Å². The molecule has 102 valence electrons. The van der Waals surface area contributed by atoms with Crippen LogP contribution in [-0.4, -0.2) is 21.1 Å². The lowest BCUT2D eigenvalue weighted by Crippen LogP contribution is -2.35. The Morgan fingerprint density at radius 2 is 2.21 bits per heavy atom. The molecule has 0 aliphatic rings. The van der Waals surface area contributed by atoms with Crippen LogP contribution < -0.4 is 9.44 Å². The quantitative estimate of drug-likeness (QED) is 0.878. The summed E-state index contributed by atoms with van der Waals surface area (Å²) in [6, 6.07) is 5.84. The second-order valence-corrected chi connectivity index (χ2v) is 5.08. The molecule has 0 aromatic heterocycles. The Morgan fingerprint density at radius 3 is 2.79 bits per heavy atom. The molecule has 0 unspecified atom stereocenters. The Bertz CT molecular complexity index is 624. The summed E-state index contributed by atoms with van der Waals surface area (Å²) < 4.78 is 31.3. The van der Waals surface area contributed by atoms with Gasteiger partial charge in [0, 0.05) is 5.02 Å². The maximum atomic E-state index is 11.6. The van der Waals surface area contributed by atoms with Crippen LogP contribution >= 0.6 is 11.6 Å². The minimum Gasteiger partial charge on any atom is -0.449 e. The van der Waals surface area contributed by atoms with Gasteiger partial charge >= 0.3 is 16.3 Å². The summed E-state index contributed by atoms with van der Waals surface area (Å²) in [6.45, 7) is 1.56. The van der Waals surface area contributed by atoms with E-state index >= 15 is 0 Å². The van der Waals surface area contributed by atoms with Crippen LogP contribution in [0.5, 0.6) is 0 Å². The van der Waals surface area contributed by atoms with Gasteiger partial charge in [-0.2, -0.15) is 13.7 Å². The number of hydrogen-bond acceptors (Lipinski definition) is 5. The molecular formula is C10H10ClN3O4S. The van der Waals surface area contributed by atoms with Crippen molar-refractivity contribution in [2.75, 3.05) is 11.3 Å². The minimum atomic E-state index is -4.19. The number of nitriles is 1. The van der Waals surface area contributed by atoms with E-state index in [2.05, 4.69) is 4.74 Å². The number of nitrogens with zero attached hydrogens (tertiary/aromatic N) is 1. The summed E-state index contributed by atoms with van der Waals surface area (Å²) in [6.07, 6.45) is -1.12. The smallest absolute Gasteiger partial charge is 0.422 e. The van der Waals surface area contributed by atoms with Crippen LogP contribution in [0.3, 0.4) is 0 Å². The van der Waals surface area contributed by atoms with E-state index in [1.165, 1.54) is 25.1 Å². The number of carbonyl (C=O) groups is 1. The van der Waals surface area contributed by atoms with Gasteiger partial charge in [-0.1, -0.05) is 11.6 Å². The van der Waals surface area contributed by atoms with Crippen molar-refractivity contribution >= 4 is 33.6 Å². The number of rotatable bonds is 4. The first-order valence-corrected chi connectivity index (χ1v) is 6.91. The number of amides is 1. The zero-order valence-corrected chi connectivity index (χ0v) is 11.4. The first kappa shape index (κ1) is 15.1. The van der Waals surface area contributed by atoms with Crippen LogP contribution in [0.2, 0.25) is 5.02 Å². The van der Waals surface area contributed by atoms with Gasteiger partial charge in [-0.15, -0.1) is 0 Å². The number of benzene rings is 1. The fraction of sp³-hybridized carbons (Fsp3) is 0.200. The molecule has 0 aliphatic heterocycles. The van der Waals surface area contributed by atoms with Gasteiger partial charge in [0.05, 0.1) is 17.9 Å². The molecule has 1 rings (SSSR count). The van der Waals surface area contributed by atoms with Gasteiger partial charge in [0.15, 0.2) is 0 Å². The van der Waals surface area contributed by atoms with Gasteiger partial charge in [-0.05, 0) is 25.1 Å². The topological polar surface area (TPSA) is 108 Å². The normalized spacial score (nSPS) is 10.4. The Morgan fingerprint density at radius 1 is 1.53 bits per heavy atom. The van der Waals surface area contributed by atoms with E-state index in [-0.39, 0.29) is 22.9 Å². The number of ether oxygens (including phenoxy) is 1. The van der Waals surface area contributed by atoms with Gasteiger partial charge in [0.25, 0.3) is 0 Å². The molecule has 0 spiro atoms. The zero-order chi connectivity index (χ0) is 14.5. The van der Waals surface area contributed by atoms with E-state index in [0.717, 1.165) is 0 Å². The number of hydrogen-bond donors (Lipinski definition) is 2. The van der Waals surface area contributed by atoms with Gasteiger partial charge in [-0.25, -0.2) is 9.52 Å². The third-order valence-corrected chi connectivity index (χ3v) is 3.00. The van der Waals surface area contributed by atoms with Crippen LogP contribution in [0.25, 0.3) is 0 Å². The highest BCUT2D eigenvalue weighted by molar-refractivity contribution is 7.91. The molecular weight excluding hydrogens is 294 g/mol. The predicted octanol–water partition coefficient (Wildman–Crippen LogP) is 1.61. The summed E-state index contributed by atoms with van der Waals surface area (Å²) >= 11 is 5.70. The zero-order valence-electron chi connectivity index (χ0n) is 9.81. The summed E-state index contributed by atoms with van der Waals surface area (Å²) in [4.78, 5) is 11.0. The molecule has 0 radical (unpaired) electrons. The van der Waals surface area contributed by atoms with E-state index in [4.69, 9.17) is 16.9 Å². The summed E-state index contributed by atoms with van der Waals surface area (Å²) in [5, 5.41) is 9.08. The number of carbonyl (C=O) groups excluding carboxylic acids is 1. The lowest BCUT2D eigenvalue weighted by atomic mass is 10.2. The molecule has 0 saturated carbocycles. The molecule has 9 heteroatoms. The average Bonchev–Trinajstić information content (AvgIpc) is 2.28. The van der Waals surface area contributed by atoms with Gasteiger partial charge in [0.2, 0.25) is 0 Å². The van der Waals surface area contributed by atoms with Crippen molar-refractivity contribution in [1.29, 1.82) is 5.26 Å². The van der Waals surface area contributed by atoms with Gasteiger partial charge in [0.1, 0.15) is 6.07 Å². The Hall–Kier alpha value is -1.98. The summed E-state index contributed by atoms with van der Waals surface area (Å²) in [5.41, 5.74) is 0.0328. The number of anilines is 1. The molecule has 7 nitrogen and oxygen atoms in total. The second kappa shape index (κ2) is 6.26. The fourth-order valence-corrected chi connectivity index (χ4v) is 2.10. The van der Waals surface area contributed by atoms with Gasteiger partial charge in [-0.3, -0.25) is 4.72 Å². The van der Waals surface area contributed by atoms with Crippen molar-refractivity contribution in [3.63, 3.8) is 0 Å². The maximum absolute atomic E-state index is 11.6. The largest absolute Gasteiger partial charge is 0.449 e. The third-order valence-electron chi connectivity index (χ3n) is 1.84. The van der Waals surface area contributed by atoms with Crippen LogP contribution in [-0.2, 0) is 14.9 Å². The fourth-order valence-electron chi connectivity index (χ4n) is 1.14.